The molecular formula is C13H23NO4S. The Bertz CT molecular complexity index is 298. The molecule has 110 valence electrons. The van der Waals surface area contributed by atoms with Crippen LogP contribution in [-0.2, 0) is 19.1 Å². The largest absolute Gasteiger partial charge is 0.466 e. The Morgan fingerprint density at radius 2 is 2.21 bits per heavy atom. The van der Waals surface area contributed by atoms with E-state index >= 15 is 0 Å². The number of piperidine rings is 1. The summed E-state index contributed by atoms with van der Waals surface area (Å²) in [6.07, 6.45) is 1.69. The number of hydrogen-bond acceptors (Lipinski definition) is 5. The van der Waals surface area contributed by atoms with Gasteiger partial charge in [0.25, 0.3) is 0 Å². The first-order valence-corrected chi connectivity index (χ1v) is 7.85. The Morgan fingerprint density at radius 3 is 2.89 bits per heavy atom. The number of hydrogen-bond donors (Lipinski definition) is 0. The summed E-state index contributed by atoms with van der Waals surface area (Å²) in [7, 11) is 1.65. The second-order valence-corrected chi connectivity index (χ2v) is 5.58. The predicted molar refractivity (Wildman–Crippen MR) is 75.1 cm³/mol. The molecule has 1 atom stereocenters. The van der Waals surface area contributed by atoms with Crippen LogP contribution in [0.15, 0.2) is 0 Å². The molecule has 1 amide bonds. The van der Waals surface area contributed by atoms with Gasteiger partial charge in [-0.25, -0.2) is 0 Å². The lowest BCUT2D eigenvalue weighted by Crippen LogP contribution is -2.43. The number of rotatable bonds is 7. The van der Waals surface area contributed by atoms with Crippen LogP contribution in [0.1, 0.15) is 19.8 Å². The second-order valence-electron chi connectivity index (χ2n) is 4.48. The van der Waals surface area contributed by atoms with E-state index in [1.807, 2.05) is 0 Å². The molecule has 0 aromatic rings. The number of carbonyl (C=O) groups is 2. The highest BCUT2D eigenvalue weighted by Gasteiger charge is 2.28. The first kappa shape index (κ1) is 16.3. The molecule has 1 heterocycles. The molecule has 0 bridgehead atoms. The van der Waals surface area contributed by atoms with E-state index in [0.717, 1.165) is 25.1 Å². The molecule has 6 heteroatoms. The normalized spacial score (nSPS) is 19.3. The lowest BCUT2D eigenvalue weighted by molar-refractivity contribution is -0.151. The Kier molecular flexibility index (Phi) is 7.90. The van der Waals surface area contributed by atoms with Crippen LogP contribution >= 0.6 is 11.8 Å². The molecule has 19 heavy (non-hydrogen) atoms. The summed E-state index contributed by atoms with van der Waals surface area (Å²) in [6.45, 7) is 4.11. The van der Waals surface area contributed by atoms with Crippen molar-refractivity contribution in [1.82, 2.24) is 4.90 Å². The number of amides is 1. The minimum absolute atomic E-state index is 0.107. The number of nitrogens with zero attached hydrogens (tertiary/aromatic N) is 1. The lowest BCUT2D eigenvalue weighted by atomic mass is 9.98. The van der Waals surface area contributed by atoms with Gasteiger partial charge in [-0.3, -0.25) is 9.59 Å². The quantitative estimate of drug-likeness (QED) is 0.520. The molecule has 0 saturated carbocycles. The summed E-state index contributed by atoms with van der Waals surface area (Å²) >= 11 is 1.57. The summed E-state index contributed by atoms with van der Waals surface area (Å²) in [6, 6.07) is 0. The molecule has 1 saturated heterocycles. The minimum Gasteiger partial charge on any atom is -0.466 e. The van der Waals surface area contributed by atoms with E-state index in [-0.39, 0.29) is 17.8 Å². The number of methoxy groups -OCH3 is 1. The smallest absolute Gasteiger partial charge is 0.310 e. The fraction of sp³-hybridized carbons (Fsp3) is 0.846. The van der Waals surface area contributed by atoms with Crippen molar-refractivity contribution in [3.8, 4) is 0 Å². The molecule has 1 aliphatic heterocycles. The summed E-state index contributed by atoms with van der Waals surface area (Å²) in [5, 5.41) is 0. The molecule has 0 radical (unpaired) electrons. The minimum atomic E-state index is -0.174. The molecule has 1 aliphatic rings. The predicted octanol–water partition coefficient (Wildman–Crippen LogP) is 1.17. The Hall–Kier alpha value is -0.750. The van der Waals surface area contributed by atoms with E-state index in [9.17, 15) is 9.59 Å². The number of thioether (sulfide) groups is 1. The van der Waals surface area contributed by atoms with E-state index in [2.05, 4.69) is 0 Å². The summed E-state index contributed by atoms with van der Waals surface area (Å²) in [5.41, 5.74) is 0. The molecule has 0 aliphatic carbocycles. The van der Waals surface area contributed by atoms with Gasteiger partial charge in [0, 0.05) is 26.0 Å². The van der Waals surface area contributed by atoms with Crippen LogP contribution in [0.5, 0.6) is 0 Å². The highest BCUT2D eigenvalue weighted by Crippen LogP contribution is 2.18. The van der Waals surface area contributed by atoms with Crippen LogP contribution in [0.2, 0.25) is 0 Å². The second kappa shape index (κ2) is 9.20. The highest BCUT2D eigenvalue weighted by atomic mass is 32.2. The summed E-state index contributed by atoms with van der Waals surface area (Å²) in [4.78, 5) is 25.5. The van der Waals surface area contributed by atoms with Crippen LogP contribution in [0.4, 0.5) is 0 Å². The number of likely N-dealkylation sites (tertiary alicyclic amines) is 1. The summed E-state index contributed by atoms with van der Waals surface area (Å²) < 4.78 is 9.96. The fourth-order valence-corrected chi connectivity index (χ4v) is 2.84. The van der Waals surface area contributed by atoms with Gasteiger partial charge in [-0.05, 0) is 19.8 Å². The zero-order valence-electron chi connectivity index (χ0n) is 11.7. The third-order valence-corrected chi connectivity index (χ3v) is 3.96. The maximum Gasteiger partial charge on any atom is 0.310 e. The van der Waals surface area contributed by atoms with Gasteiger partial charge in [0.15, 0.2) is 0 Å². The van der Waals surface area contributed by atoms with Gasteiger partial charge in [-0.15, -0.1) is 11.8 Å². The first-order valence-electron chi connectivity index (χ1n) is 6.70. The van der Waals surface area contributed by atoms with Gasteiger partial charge in [0.05, 0.1) is 24.9 Å². The lowest BCUT2D eigenvalue weighted by Gasteiger charge is -2.31. The van der Waals surface area contributed by atoms with Crippen molar-refractivity contribution < 1.29 is 19.1 Å². The van der Waals surface area contributed by atoms with E-state index < -0.39 is 0 Å². The molecule has 0 aromatic heterocycles. The van der Waals surface area contributed by atoms with Gasteiger partial charge in [0.2, 0.25) is 5.91 Å². The van der Waals surface area contributed by atoms with Crippen LogP contribution < -0.4 is 0 Å². The average Bonchev–Trinajstić information content (AvgIpc) is 2.44. The molecule has 1 fully saturated rings. The fourth-order valence-electron chi connectivity index (χ4n) is 2.05. The number of ether oxygens (including phenoxy) is 2. The Labute approximate surface area is 119 Å². The van der Waals surface area contributed by atoms with Crippen LogP contribution in [-0.4, -0.2) is 61.7 Å². The van der Waals surface area contributed by atoms with Crippen LogP contribution in [0.25, 0.3) is 0 Å². The van der Waals surface area contributed by atoms with Crippen molar-refractivity contribution in [3.05, 3.63) is 0 Å². The van der Waals surface area contributed by atoms with E-state index in [1.54, 1.807) is 30.7 Å². The Morgan fingerprint density at radius 1 is 1.42 bits per heavy atom. The van der Waals surface area contributed by atoms with Gasteiger partial charge >= 0.3 is 5.97 Å². The third kappa shape index (κ3) is 5.82. The van der Waals surface area contributed by atoms with Crippen molar-refractivity contribution in [1.29, 1.82) is 0 Å². The van der Waals surface area contributed by atoms with Crippen molar-refractivity contribution in [2.24, 2.45) is 5.92 Å². The molecule has 1 rings (SSSR count). The SMILES string of the molecule is CCOC(=O)[C@@H]1CCCN(C(=O)CSCCOC)C1. The van der Waals surface area contributed by atoms with E-state index in [0.29, 0.717) is 25.5 Å². The van der Waals surface area contributed by atoms with Crippen molar-refractivity contribution in [2.75, 3.05) is 44.9 Å². The standard InChI is InChI=1S/C13H23NO4S/c1-3-18-13(16)11-5-4-6-14(9-11)12(15)10-19-8-7-17-2/h11H,3-10H2,1-2H3/t11-/m1/s1. The molecule has 0 unspecified atom stereocenters. The van der Waals surface area contributed by atoms with Crippen molar-refractivity contribution in [2.45, 2.75) is 19.8 Å². The average molecular weight is 289 g/mol. The molecular weight excluding hydrogens is 266 g/mol. The maximum absolute atomic E-state index is 12.0. The molecule has 0 N–H and O–H groups in total. The first-order chi connectivity index (χ1) is 9.19. The van der Waals surface area contributed by atoms with Crippen molar-refractivity contribution >= 4 is 23.6 Å². The zero-order valence-corrected chi connectivity index (χ0v) is 12.5. The number of esters is 1. The molecule has 0 spiro atoms. The van der Waals surface area contributed by atoms with Crippen LogP contribution in [0.3, 0.4) is 0 Å². The van der Waals surface area contributed by atoms with Gasteiger partial charge < -0.3 is 14.4 Å². The monoisotopic (exact) mass is 289 g/mol. The van der Waals surface area contributed by atoms with Crippen molar-refractivity contribution in [3.63, 3.8) is 0 Å². The number of carbonyl (C=O) groups excluding carboxylic acids is 2. The molecule has 0 aromatic carbocycles. The maximum atomic E-state index is 12.0. The summed E-state index contributed by atoms with van der Waals surface area (Å²) in [5.74, 6) is 1.06. The third-order valence-electron chi connectivity index (χ3n) is 3.05. The van der Waals surface area contributed by atoms with E-state index in [1.165, 1.54) is 0 Å². The Balaban J connectivity index is 2.32. The van der Waals surface area contributed by atoms with Gasteiger partial charge in [-0.2, -0.15) is 0 Å². The topological polar surface area (TPSA) is 55.8 Å². The van der Waals surface area contributed by atoms with Gasteiger partial charge in [-0.1, -0.05) is 0 Å². The van der Waals surface area contributed by atoms with E-state index in [4.69, 9.17) is 9.47 Å². The van der Waals surface area contributed by atoms with Crippen LogP contribution in [0, 0.1) is 5.92 Å². The van der Waals surface area contributed by atoms with Gasteiger partial charge in [0.1, 0.15) is 0 Å². The zero-order chi connectivity index (χ0) is 14.1. The highest BCUT2D eigenvalue weighted by molar-refractivity contribution is 7.99. The molecule has 5 nitrogen and oxygen atoms in total.